The minimum Gasteiger partial charge on any atom is -0.374 e. The zero-order valence-corrected chi connectivity index (χ0v) is 14.8. The fourth-order valence-corrected chi connectivity index (χ4v) is 4.43. The molecular weight excluding hydrogens is 286 g/mol. The largest absolute Gasteiger partial charge is 0.374 e. The van der Waals surface area contributed by atoms with E-state index in [4.69, 9.17) is 4.74 Å². The Morgan fingerprint density at radius 3 is 2.24 bits per heavy atom. The second-order valence-electron chi connectivity index (χ2n) is 6.13. The van der Waals surface area contributed by atoms with Crippen LogP contribution in [-0.2, 0) is 14.6 Å². The van der Waals surface area contributed by atoms with E-state index in [1.165, 1.54) is 25.7 Å². The van der Waals surface area contributed by atoms with Crippen molar-refractivity contribution in [2.75, 3.05) is 25.2 Å². The first kappa shape index (κ1) is 18.9. The number of nitrogens with one attached hydrogen (secondary N) is 1. The lowest BCUT2D eigenvalue weighted by Crippen LogP contribution is -2.51. The minimum atomic E-state index is -2.86. The van der Waals surface area contributed by atoms with Crippen LogP contribution in [0.3, 0.4) is 0 Å². The highest BCUT2D eigenvalue weighted by Gasteiger charge is 2.38. The summed E-state index contributed by atoms with van der Waals surface area (Å²) in [4.78, 5) is 0. The van der Waals surface area contributed by atoms with E-state index in [1.54, 1.807) is 6.92 Å². The van der Waals surface area contributed by atoms with Gasteiger partial charge in [0.2, 0.25) is 0 Å². The number of sulfone groups is 1. The molecule has 0 aliphatic heterocycles. The van der Waals surface area contributed by atoms with Gasteiger partial charge in [-0.15, -0.1) is 0 Å². The quantitative estimate of drug-likeness (QED) is 0.664. The van der Waals surface area contributed by atoms with Gasteiger partial charge in [0.25, 0.3) is 0 Å². The third-order valence-corrected chi connectivity index (χ3v) is 6.54. The second kappa shape index (κ2) is 9.11. The van der Waals surface area contributed by atoms with Crippen LogP contribution < -0.4 is 5.32 Å². The molecule has 0 radical (unpaired) electrons. The maximum absolute atomic E-state index is 11.7. The van der Waals surface area contributed by atoms with Gasteiger partial charge in [0.15, 0.2) is 0 Å². The van der Waals surface area contributed by atoms with E-state index in [2.05, 4.69) is 12.2 Å². The summed E-state index contributed by atoms with van der Waals surface area (Å²) in [5, 5.41) is 3.41. The van der Waals surface area contributed by atoms with Crippen LogP contribution in [0.5, 0.6) is 0 Å². The van der Waals surface area contributed by atoms with Crippen molar-refractivity contribution in [3.05, 3.63) is 0 Å². The third kappa shape index (κ3) is 5.87. The molecule has 1 unspecified atom stereocenters. The molecule has 0 heterocycles. The van der Waals surface area contributed by atoms with E-state index in [0.29, 0.717) is 5.75 Å². The van der Waals surface area contributed by atoms with Crippen molar-refractivity contribution in [1.29, 1.82) is 0 Å². The number of likely N-dealkylation sites (N-methyl/N-ethyl adjacent to an activating group) is 1. The van der Waals surface area contributed by atoms with Crippen LogP contribution in [0.15, 0.2) is 0 Å². The van der Waals surface area contributed by atoms with Crippen molar-refractivity contribution in [2.24, 2.45) is 0 Å². The molecule has 1 saturated carbocycles. The van der Waals surface area contributed by atoms with Gasteiger partial charge in [-0.2, -0.15) is 0 Å². The van der Waals surface area contributed by atoms with Crippen molar-refractivity contribution in [3.63, 3.8) is 0 Å². The highest BCUT2D eigenvalue weighted by atomic mass is 32.2. The van der Waals surface area contributed by atoms with Crippen molar-refractivity contribution >= 4 is 9.84 Å². The summed E-state index contributed by atoms with van der Waals surface area (Å²) in [6.45, 7) is 4.50. The van der Waals surface area contributed by atoms with Crippen LogP contribution in [-0.4, -0.2) is 45.2 Å². The molecule has 1 aliphatic rings. The fourth-order valence-electron chi connectivity index (χ4n) is 3.53. The number of ether oxygens (including phenoxy) is 1. The van der Waals surface area contributed by atoms with Crippen molar-refractivity contribution in [2.45, 2.75) is 76.9 Å². The summed E-state index contributed by atoms with van der Waals surface area (Å²) in [6.07, 6.45) is 8.77. The molecule has 1 rings (SSSR count). The van der Waals surface area contributed by atoms with E-state index in [0.717, 1.165) is 32.3 Å². The molecule has 1 fully saturated rings. The first-order valence-corrected chi connectivity index (χ1v) is 10.3. The average Bonchev–Trinajstić information content (AvgIpc) is 2.70. The molecule has 126 valence electrons. The normalized spacial score (nSPS) is 20.9. The van der Waals surface area contributed by atoms with Gasteiger partial charge in [0.1, 0.15) is 9.84 Å². The van der Waals surface area contributed by atoms with E-state index < -0.39 is 9.84 Å². The van der Waals surface area contributed by atoms with Crippen molar-refractivity contribution in [1.82, 2.24) is 5.32 Å². The predicted octanol–water partition coefficient (Wildman–Crippen LogP) is 2.92. The summed E-state index contributed by atoms with van der Waals surface area (Å²) < 4.78 is 29.5. The molecule has 5 heteroatoms. The van der Waals surface area contributed by atoms with Crippen LogP contribution in [0.1, 0.15) is 65.2 Å². The summed E-state index contributed by atoms with van der Waals surface area (Å²) in [5.41, 5.74) is -0.101. The average molecular weight is 320 g/mol. The van der Waals surface area contributed by atoms with Crippen LogP contribution >= 0.6 is 0 Å². The molecule has 0 amide bonds. The lowest BCUT2D eigenvalue weighted by molar-refractivity contribution is -0.0771. The Morgan fingerprint density at radius 1 is 1.14 bits per heavy atom. The maximum atomic E-state index is 11.7. The molecule has 1 aliphatic carbocycles. The number of rotatable bonds is 9. The Hall–Kier alpha value is -0.130. The number of hydrogen-bond donors (Lipinski definition) is 1. The summed E-state index contributed by atoms with van der Waals surface area (Å²) in [7, 11) is -0.885. The van der Waals surface area contributed by atoms with Crippen LogP contribution in [0.4, 0.5) is 0 Å². The molecule has 0 saturated heterocycles. The predicted molar refractivity (Wildman–Crippen MR) is 88.5 cm³/mol. The van der Waals surface area contributed by atoms with Crippen LogP contribution in [0.2, 0.25) is 0 Å². The first-order valence-electron chi connectivity index (χ1n) is 8.51. The molecule has 0 aromatic carbocycles. The van der Waals surface area contributed by atoms with E-state index in [9.17, 15) is 8.42 Å². The highest BCUT2D eigenvalue weighted by Crippen LogP contribution is 2.35. The molecule has 4 nitrogen and oxygen atoms in total. The minimum absolute atomic E-state index is 0.101. The summed E-state index contributed by atoms with van der Waals surface area (Å²) in [5.74, 6) is 0.539. The van der Waals surface area contributed by atoms with Crippen molar-refractivity contribution in [3.8, 4) is 0 Å². The van der Waals surface area contributed by atoms with Gasteiger partial charge in [-0.25, -0.2) is 8.42 Å². The molecule has 1 atom stereocenters. The molecule has 21 heavy (non-hydrogen) atoms. The summed E-state index contributed by atoms with van der Waals surface area (Å²) >= 11 is 0. The van der Waals surface area contributed by atoms with Gasteiger partial charge in [-0.05, 0) is 39.7 Å². The van der Waals surface area contributed by atoms with Crippen LogP contribution in [0.25, 0.3) is 0 Å². The summed E-state index contributed by atoms with van der Waals surface area (Å²) in [6, 6.07) is 0.252. The maximum Gasteiger partial charge on any atom is 0.150 e. The van der Waals surface area contributed by atoms with E-state index >= 15 is 0 Å². The second-order valence-corrected chi connectivity index (χ2v) is 8.60. The Balaban J connectivity index is 2.68. The van der Waals surface area contributed by atoms with Gasteiger partial charge in [0.05, 0.1) is 11.4 Å². The standard InChI is InChI=1S/C16H33NO3S/c1-4-20-16(12-8-6-7-9-13-16)15(17-3)11-10-14-21(18,19)5-2/h15,17H,4-14H2,1-3H3. The van der Waals surface area contributed by atoms with Crippen LogP contribution in [0, 0.1) is 0 Å². The topological polar surface area (TPSA) is 55.4 Å². The molecule has 1 N–H and O–H groups in total. The highest BCUT2D eigenvalue weighted by molar-refractivity contribution is 7.91. The molecule has 0 aromatic heterocycles. The zero-order chi connectivity index (χ0) is 15.8. The molecule has 0 bridgehead atoms. The Labute approximate surface area is 130 Å². The lowest BCUT2D eigenvalue weighted by Gasteiger charge is -2.40. The SMILES string of the molecule is CCOC1(C(CCCS(=O)(=O)CC)NC)CCCCCC1. The number of hydrogen-bond acceptors (Lipinski definition) is 4. The van der Waals surface area contributed by atoms with Crippen molar-refractivity contribution < 1.29 is 13.2 Å². The van der Waals surface area contributed by atoms with E-state index in [1.807, 2.05) is 7.05 Å². The van der Waals surface area contributed by atoms with E-state index in [-0.39, 0.29) is 17.4 Å². The Morgan fingerprint density at radius 2 is 1.76 bits per heavy atom. The molecule has 0 spiro atoms. The third-order valence-electron chi connectivity index (χ3n) is 4.75. The van der Waals surface area contributed by atoms with Gasteiger partial charge >= 0.3 is 0 Å². The molecular formula is C16H33NO3S. The molecule has 0 aromatic rings. The Bertz CT molecular complexity index is 373. The zero-order valence-electron chi connectivity index (χ0n) is 14.0. The lowest BCUT2D eigenvalue weighted by atomic mass is 9.83. The monoisotopic (exact) mass is 319 g/mol. The van der Waals surface area contributed by atoms with Gasteiger partial charge < -0.3 is 10.1 Å². The van der Waals surface area contributed by atoms with Gasteiger partial charge in [-0.3, -0.25) is 0 Å². The fraction of sp³-hybridized carbons (Fsp3) is 1.00. The van der Waals surface area contributed by atoms with Gasteiger partial charge in [-0.1, -0.05) is 32.6 Å². The Kier molecular flexibility index (Phi) is 8.21. The smallest absolute Gasteiger partial charge is 0.150 e. The first-order chi connectivity index (χ1) is 9.99. The van der Waals surface area contributed by atoms with Gasteiger partial charge in [0, 0.05) is 18.4 Å².